The fourth-order valence-corrected chi connectivity index (χ4v) is 10.5. The zero-order valence-corrected chi connectivity index (χ0v) is 36.6. The van der Waals surface area contributed by atoms with Gasteiger partial charge in [-0.25, -0.2) is 14.6 Å². The van der Waals surface area contributed by atoms with Crippen LogP contribution in [0.5, 0.6) is 0 Å². The van der Waals surface area contributed by atoms with Crippen LogP contribution in [0.1, 0.15) is 28.8 Å². The fourth-order valence-electron chi connectivity index (χ4n) is 8.62. The number of nitrogen functional groups attached to an aromatic ring is 1. The lowest BCUT2D eigenvalue weighted by Gasteiger charge is -2.49. The molecule has 0 saturated carbocycles. The van der Waals surface area contributed by atoms with Gasteiger partial charge in [0, 0.05) is 65.5 Å². The van der Waals surface area contributed by atoms with Gasteiger partial charge >= 0.3 is 18.2 Å². The number of carbonyl (C=O) groups is 5. The lowest BCUT2D eigenvalue weighted by Crippen LogP contribution is -2.71. The van der Waals surface area contributed by atoms with E-state index in [-0.39, 0.29) is 66.1 Å². The zero-order chi connectivity index (χ0) is 46.8. The summed E-state index contributed by atoms with van der Waals surface area (Å²) < 4.78 is 47.3. The number of carboxylic acids is 1. The Hall–Kier alpha value is -6.93. The molecule has 20 heteroatoms. The van der Waals surface area contributed by atoms with E-state index in [1.165, 1.54) is 22.4 Å². The molecule has 4 aromatic rings. The molecule has 3 aromatic carbocycles. The maximum atomic E-state index is 14.3. The molecule has 8 rings (SSSR count). The number of anilines is 1. The summed E-state index contributed by atoms with van der Waals surface area (Å²) in [6, 6.07) is 26.7. The number of halogens is 3. The summed E-state index contributed by atoms with van der Waals surface area (Å²) in [6.07, 6.45) is -2.78. The van der Waals surface area contributed by atoms with Gasteiger partial charge in [-0.2, -0.15) is 13.2 Å². The number of nitrogens with zero attached hydrogens (tertiary/aromatic N) is 5. The van der Waals surface area contributed by atoms with Crippen LogP contribution in [-0.2, 0) is 34.4 Å². The number of likely N-dealkylation sites (tertiary alicyclic amines) is 2. The number of β-lactam (4-membered cyclic amide) rings is 1. The predicted molar refractivity (Wildman–Crippen MR) is 238 cm³/mol. The zero-order valence-electron chi connectivity index (χ0n) is 34.9. The van der Waals surface area contributed by atoms with E-state index in [1.807, 2.05) is 91.0 Å². The number of amides is 4. The van der Waals surface area contributed by atoms with Crippen molar-refractivity contribution >= 4 is 63.7 Å². The third-order valence-corrected chi connectivity index (χ3v) is 13.7. The molecular formula is C46H42F3N7O8S2. The van der Waals surface area contributed by atoms with E-state index in [0.717, 1.165) is 32.9 Å². The molecule has 4 N–H and O–H groups in total. The van der Waals surface area contributed by atoms with E-state index in [9.17, 15) is 42.3 Å². The number of thioether (sulfide) groups is 1. The molecule has 0 radical (unpaired) electrons. The van der Waals surface area contributed by atoms with Crippen LogP contribution in [-0.4, -0.2) is 116 Å². The summed E-state index contributed by atoms with van der Waals surface area (Å²) in [6.45, 7) is 2.14. The van der Waals surface area contributed by atoms with E-state index < -0.39 is 77.1 Å². The molecule has 342 valence electrons. The van der Waals surface area contributed by atoms with Gasteiger partial charge in [-0.05, 0) is 18.1 Å². The first-order valence-electron chi connectivity index (χ1n) is 20.7. The Labute approximate surface area is 384 Å². The molecule has 5 heterocycles. The van der Waals surface area contributed by atoms with E-state index in [1.54, 1.807) is 0 Å². The number of fused-ring (bicyclic) bond motifs is 1. The average molecular weight is 942 g/mol. The van der Waals surface area contributed by atoms with Gasteiger partial charge in [0.2, 0.25) is 11.5 Å². The van der Waals surface area contributed by atoms with Crippen LogP contribution in [0, 0.1) is 11.8 Å². The third kappa shape index (κ3) is 8.89. The highest BCUT2D eigenvalue weighted by Crippen LogP contribution is 2.44. The molecule has 4 aliphatic rings. The van der Waals surface area contributed by atoms with Crippen molar-refractivity contribution in [3.8, 4) is 0 Å². The molecule has 1 aromatic heterocycles. The van der Waals surface area contributed by atoms with Crippen molar-refractivity contribution < 1.29 is 51.8 Å². The summed E-state index contributed by atoms with van der Waals surface area (Å²) in [5.41, 5.74) is 6.37. The third-order valence-electron chi connectivity index (χ3n) is 11.7. The van der Waals surface area contributed by atoms with E-state index in [4.69, 9.17) is 15.3 Å². The SMILES string of the molecule is C=CCOC(=O)N1C[C@H](CN2CCC(=CC3=C(C(=O)O)N4C(=O)C(NC(=O)C(=NOC(c5ccccc5)(c5ccccc5)c5ccccc5)c5csc(N)n5)[C@H]4SC3)C2=O)[C@@H](C(F)(F)F)C1. The summed E-state index contributed by atoms with van der Waals surface area (Å²) >= 11 is 2.21. The molecule has 15 nitrogen and oxygen atoms in total. The van der Waals surface area contributed by atoms with Gasteiger partial charge < -0.3 is 35.5 Å². The summed E-state index contributed by atoms with van der Waals surface area (Å²) in [4.78, 5) is 81.2. The number of thiazole rings is 1. The van der Waals surface area contributed by atoms with Crippen LogP contribution in [0.3, 0.4) is 0 Å². The maximum Gasteiger partial charge on any atom is 0.410 e. The van der Waals surface area contributed by atoms with Crippen molar-refractivity contribution in [3.63, 3.8) is 0 Å². The van der Waals surface area contributed by atoms with Crippen LogP contribution >= 0.6 is 23.1 Å². The number of aromatic nitrogens is 1. The second-order valence-electron chi connectivity index (χ2n) is 15.8. The highest BCUT2D eigenvalue weighted by Gasteiger charge is 2.55. The smallest absolute Gasteiger partial charge is 0.410 e. The van der Waals surface area contributed by atoms with Gasteiger partial charge in [0.1, 0.15) is 29.4 Å². The largest absolute Gasteiger partial charge is 0.477 e. The minimum absolute atomic E-state index is 0.0141. The van der Waals surface area contributed by atoms with Gasteiger partial charge in [0.15, 0.2) is 10.8 Å². The second-order valence-corrected chi connectivity index (χ2v) is 17.8. The van der Waals surface area contributed by atoms with Crippen LogP contribution in [0.15, 0.2) is 137 Å². The lowest BCUT2D eigenvalue weighted by atomic mass is 9.80. The van der Waals surface area contributed by atoms with Gasteiger partial charge in [0.05, 0.1) is 5.92 Å². The van der Waals surface area contributed by atoms with E-state index in [0.29, 0.717) is 16.7 Å². The first-order valence-corrected chi connectivity index (χ1v) is 22.6. The first-order chi connectivity index (χ1) is 31.7. The number of oxime groups is 1. The second kappa shape index (κ2) is 18.9. The van der Waals surface area contributed by atoms with Crippen molar-refractivity contribution in [1.82, 2.24) is 25.0 Å². The number of benzene rings is 3. The van der Waals surface area contributed by atoms with Crippen LogP contribution < -0.4 is 11.1 Å². The molecule has 3 saturated heterocycles. The molecule has 0 bridgehead atoms. The quantitative estimate of drug-likeness (QED) is 0.0347. The number of hydrogen-bond donors (Lipinski definition) is 3. The Balaban J connectivity index is 1.02. The van der Waals surface area contributed by atoms with Crippen molar-refractivity contribution in [2.24, 2.45) is 17.0 Å². The van der Waals surface area contributed by atoms with Gasteiger partial charge in [-0.15, -0.1) is 23.1 Å². The molecule has 4 aliphatic heterocycles. The lowest BCUT2D eigenvalue weighted by molar-refractivity contribution is -0.181. The topological polar surface area (TPSA) is 197 Å². The molecule has 4 atom stereocenters. The normalized spacial score (nSPS) is 21.7. The van der Waals surface area contributed by atoms with Gasteiger partial charge in [-0.1, -0.05) is 109 Å². The number of carbonyl (C=O) groups excluding carboxylic acids is 4. The minimum Gasteiger partial charge on any atom is -0.477 e. The predicted octanol–water partition coefficient (Wildman–Crippen LogP) is 5.77. The Bertz CT molecular complexity index is 2530. The molecular weight excluding hydrogens is 900 g/mol. The molecule has 1 unspecified atom stereocenters. The molecule has 66 heavy (non-hydrogen) atoms. The Morgan fingerprint density at radius 3 is 2.14 bits per heavy atom. The van der Waals surface area contributed by atoms with Crippen LogP contribution in [0.4, 0.5) is 23.1 Å². The van der Waals surface area contributed by atoms with Crippen molar-refractivity contribution in [2.45, 2.75) is 29.6 Å². The van der Waals surface area contributed by atoms with Crippen molar-refractivity contribution in [2.75, 3.05) is 44.3 Å². The van der Waals surface area contributed by atoms with E-state index in [2.05, 4.69) is 22.0 Å². The summed E-state index contributed by atoms with van der Waals surface area (Å²) in [5.74, 6) is -6.63. The number of ether oxygens (including phenoxy) is 1. The first kappa shape index (κ1) is 45.6. The van der Waals surface area contributed by atoms with Gasteiger partial charge in [0.25, 0.3) is 11.8 Å². The molecule has 4 amide bonds. The molecule has 0 aliphatic carbocycles. The Morgan fingerprint density at radius 2 is 1.59 bits per heavy atom. The van der Waals surface area contributed by atoms with Crippen LogP contribution in [0.25, 0.3) is 0 Å². The van der Waals surface area contributed by atoms with Gasteiger partial charge in [-0.3, -0.25) is 19.3 Å². The number of alkyl halides is 3. The number of allylic oxidation sites excluding steroid dienone is 1. The number of carboxylic acid groups (broad SMARTS) is 1. The highest BCUT2D eigenvalue weighted by atomic mass is 32.2. The van der Waals surface area contributed by atoms with Crippen molar-refractivity contribution in [3.05, 3.63) is 154 Å². The highest BCUT2D eigenvalue weighted by molar-refractivity contribution is 8.00. The molecule has 3 fully saturated rings. The number of nitrogens with two attached hydrogens (primary N) is 1. The number of hydrogen-bond acceptors (Lipinski definition) is 12. The number of nitrogens with one attached hydrogen (secondary N) is 1. The monoisotopic (exact) mass is 941 g/mol. The Kier molecular flexibility index (Phi) is 13.1. The molecule has 0 spiro atoms. The standard InChI is InChI=1S/C46H42F3N7O8S2/c1-2-20-63-44(62)55-23-29(33(24-55)46(47,48)49)22-54-19-18-27(39(54)58)21-28-25-65-41-36(40(59)56(41)37(28)42(60)61)52-38(57)35(34-26-66-43(50)51-34)53-64-45(30-12-6-3-7-13-30,31-14-8-4-9-15-31)32-16-10-5-11-17-32/h2-17,21,26,29,33,36,41H,1,18-20,22-25H2,(H2,50,51)(H,52,57)(H,60,61)/t29-,33-,36?,41+/m0/s1. The fraction of sp³-hybridized carbons (Fsp3) is 0.283. The average Bonchev–Trinajstić information content (AvgIpc) is 4.05. The number of rotatable bonds is 14. The minimum atomic E-state index is -4.65. The summed E-state index contributed by atoms with van der Waals surface area (Å²) in [7, 11) is 0. The number of aliphatic carboxylic acids is 1. The van der Waals surface area contributed by atoms with Crippen LogP contribution in [0.2, 0.25) is 0 Å². The van der Waals surface area contributed by atoms with E-state index >= 15 is 0 Å². The van der Waals surface area contributed by atoms with Crippen molar-refractivity contribution in [1.29, 1.82) is 0 Å². The maximum absolute atomic E-state index is 14.3. The summed E-state index contributed by atoms with van der Waals surface area (Å²) in [5, 5.41) is 18.4. The Morgan fingerprint density at radius 1 is 0.970 bits per heavy atom.